The summed E-state index contributed by atoms with van der Waals surface area (Å²) in [7, 11) is -0.351. The Labute approximate surface area is 97.2 Å². The van der Waals surface area contributed by atoms with Gasteiger partial charge in [-0.2, -0.15) is 0 Å². The number of carbonyl (C=O) groups is 1. The van der Waals surface area contributed by atoms with Gasteiger partial charge in [-0.3, -0.25) is 4.79 Å². The SMILES string of the molecule is CC(C)[C@H](N)C(=O)NCCS(=O)(=O)N(C)C. The van der Waals surface area contributed by atoms with Crippen molar-refractivity contribution < 1.29 is 13.2 Å². The topological polar surface area (TPSA) is 92.5 Å². The van der Waals surface area contributed by atoms with E-state index in [0.717, 1.165) is 4.31 Å². The lowest BCUT2D eigenvalue weighted by molar-refractivity contribution is -0.123. The first-order valence-electron chi connectivity index (χ1n) is 5.12. The summed E-state index contributed by atoms with van der Waals surface area (Å²) in [6, 6.07) is -0.595. The van der Waals surface area contributed by atoms with Crippen molar-refractivity contribution in [3.8, 4) is 0 Å². The summed E-state index contributed by atoms with van der Waals surface area (Å²) >= 11 is 0. The lowest BCUT2D eigenvalue weighted by atomic mass is 10.1. The highest BCUT2D eigenvalue weighted by Gasteiger charge is 2.18. The van der Waals surface area contributed by atoms with Gasteiger partial charge >= 0.3 is 0 Å². The Morgan fingerprint density at radius 2 is 1.88 bits per heavy atom. The molecule has 0 saturated heterocycles. The van der Waals surface area contributed by atoms with Gasteiger partial charge in [0.2, 0.25) is 15.9 Å². The van der Waals surface area contributed by atoms with Crippen LogP contribution in [0.25, 0.3) is 0 Å². The summed E-state index contributed by atoms with van der Waals surface area (Å²) in [5.74, 6) is -0.397. The summed E-state index contributed by atoms with van der Waals surface area (Å²) in [5, 5.41) is 2.50. The normalized spacial score (nSPS) is 14.2. The summed E-state index contributed by atoms with van der Waals surface area (Å²) in [4.78, 5) is 11.4. The number of amides is 1. The van der Waals surface area contributed by atoms with Crippen LogP contribution in [0.2, 0.25) is 0 Å². The molecule has 0 aromatic rings. The minimum absolute atomic E-state index is 0.0328. The molecule has 0 aromatic heterocycles. The molecule has 7 heteroatoms. The van der Waals surface area contributed by atoms with Crippen molar-refractivity contribution in [2.75, 3.05) is 26.4 Å². The van der Waals surface area contributed by atoms with Crippen LogP contribution in [0.5, 0.6) is 0 Å². The van der Waals surface area contributed by atoms with Gasteiger partial charge in [-0.1, -0.05) is 13.8 Å². The minimum atomic E-state index is -3.26. The van der Waals surface area contributed by atoms with E-state index in [2.05, 4.69) is 5.32 Å². The fourth-order valence-electron chi connectivity index (χ4n) is 0.906. The molecule has 1 amide bonds. The molecule has 0 fully saturated rings. The van der Waals surface area contributed by atoms with Gasteiger partial charge in [0.15, 0.2) is 0 Å². The van der Waals surface area contributed by atoms with Crippen LogP contribution in [0.1, 0.15) is 13.8 Å². The van der Waals surface area contributed by atoms with Crippen LogP contribution >= 0.6 is 0 Å². The van der Waals surface area contributed by atoms with Crippen molar-refractivity contribution in [2.24, 2.45) is 11.7 Å². The molecule has 0 bridgehead atoms. The summed E-state index contributed by atoms with van der Waals surface area (Å²) < 4.78 is 23.8. The highest BCUT2D eigenvalue weighted by atomic mass is 32.2. The van der Waals surface area contributed by atoms with E-state index in [0.29, 0.717) is 0 Å². The maximum absolute atomic E-state index is 11.4. The number of nitrogens with zero attached hydrogens (tertiary/aromatic N) is 1. The molecule has 96 valence electrons. The predicted molar refractivity (Wildman–Crippen MR) is 63.3 cm³/mol. The van der Waals surface area contributed by atoms with Crippen molar-refractivity contribution >= 4 is 15.9 Å². The number of hydrogen-bond donors (Lipinski definition) is 2. The van der Waals surface area contributed by atoms with Gasteiger partial charge in [-0.05, 0) is 5.92 Å². The molecular weight excluding hydrogens is 230 g/mol. The van der Waals surface area contributed by atoms with Crippen LogP contribution in [-0.4, -0.2) is 51.1 Å². The molecule has 0 saturated carbocycles. The smallest absolute Gasteiger partial charge is 0.237 e. The van der Waals surface area contributed by atoms with E-state index in [1.54, 1.807) is 0 Å². The molecule has 1 atom stereocenters. The highest BCUT2D eigenvalue weighted by molar-refractivity contribution is 7.89. The van der Waals surface area contributed by atoms with Gasteiger partial charge in [-0.25, -0.2) is 12.7 Å². The summed E-state index contributed by atoms with van der Waals surface area (Å²) in [6.45, 7) is 3.75. The molecule has 3 N–H and O–H groups in total. The van der Waals surface area contributed by atoms with Crippen LogP contribution in [0.15, 0.2) is 0 Å². The number of hydrogen-bond acceptors (Lipinski definition) is 4. The van der Waals surface area contributed by atoms with E-state index < -0.39 is 16.1 Å². The molecule has 0 aliphatic carbocycles. The van der Waals surface area contributed by atoms with E-state index >= 15 is 0 Å². The second kappa shape index (κ2) is 6.17. The number of sulfonamides is 1. The fraction of sp³-hybridized carbons (Fsp3) is 0.889. The molecule has 0 rings (SSSR count). The van der Waals surface area contributed by atoms with Gasteiger partial charge in [0.1, 0.15) is 0 Å². The van der Waals surface area contributed by atoms with Gasteiger partial charge in [-0.15, -0.1) is 0 Å². The summed E-state index contributed by atoms with van der Waals surface area (Å²) in [5.41, 5.74) is 5.60. The quantitative estimate of drug-likeness (QED) is 0.632. The lowest BCUT2D eigenvalue weighted by Crippen LogP contribution is -2.45. The Morgan fingerprint density at radius 1 is 1.38 bits per heavy atom. The third-order valence-corrected chi connectivity index (χ3v) is 4.07. The Morgan fingerprint density at radius 3 is 2.25 bits per heavy atom. The third-order valence-electron chi connectivity index (χ3n) is 2.24. The van der Waals surface area contributed by atoms with Crippen molar-refractivity contribution in [3.63, 3.8) is 0 Å². The second-order valence-corrected chi connectivity index (χ2v) is 6.46. The highest BCUT2D eigenvalue weighted by Crippen LogP contribution is 1.98. The van der Waals surface area contributed by atoms with Crippen LogP contribution in [0.3, 0.4) is 0 Å². The zero-order valence-corrected chi connectivity index (χ0v) is 11.0. The molecular formula is C9H21N3O3S. The molecule has 0 radical (unpaired) electrons. The Bertz CT molecular complexity index is 325. The predicted octanol–water partition coefficient (Wildman–Crippen LogP) is -1.02. The first-order valence-corrected chi connectivity index (χ1v) is 6.73. The monoisotopic (exact) mass is 251 g/mol. The Balaban J connectivity index is 4.06. The zero-order chi connectivity index (χ0) is 12.9. The molecule has 0 aromatic carbocycles. The van der Waals surface area contributed by atoms with Gasteiger partial charge in [0.25, 0.3) is 0 Å². The first-order chi connectivity index (χ1) is 7.18. The van der Waals surface area contributed by atoms with Gasteiger partial charge in [0.05, 0.1) is 11.8 Å². The Hall–Kier alpha value is -0.660. The summed E-state index contributed by atoms with van der Waals surface area (Å²) in [6.07, 6.45) is 0. The average molecular weight is 251 g/mol. The van der Waals surface area contributed by atoms with Crippen LogP contribution < -0.4 is 11.1 Å². The van der Waals surface area contributed by atoms with Gasteiger partial charge in [0, 0.05) is 20.6 Å². The van der Waals surface area contributed by atoms with E-state index in [9.17, 15) is 13.2 Å². The minimum Gasteiger partial charge on any atom is -0.354 e. The van der Waals surface area contributed by atoms with E-state index in [-0.39, 0.29) is 24.1 Å². The van der Waals surface area contributed by atoms with Crippen LogP contribution in [-0.2, 0) is 14.8 Å². The van der Waals surface area contributed by atoms with E-state index in [1.165, 1.54) is 14.1 Å². The molecule has 0 unspecified atom stereocenters. The van der Waals surface area contributed by atoms with Crippen molar-refractivity contribution in [1.82, 2.24) is 9.62 Å². The molecule has 0 heterocycles. The van der Waals surface area contributed by atoms with Crippen molar-refractivity contribution in [2.45, 2.75) is 19.9 Å². The molecule has 0 aliphatic rings. The van der Waals surface area contributed by atoms with Crippen LogP contribution in [0, 0.1) is 5.92 Å². The fourth-order valence-corrected chi connectivity index (χ4v) is 1.63. The largest absolute Gasteiger partial charge is 0.354 e. The number of carbonyl (C=O) groups excluding carboxylic acids is 1. The standard InChI is InChI=1S/C9H21N3O3S/c1-7(2)8(10)9(13)11-5-6-16(14,15)12(3)4/h7-8H,5-6,10H2,1-4H3,(H,11,13)/t8-/m0/s1. The maximum atomic E-state index is 11.4. The lowest BCUT2D eigenvalue weighted by Gasteiger charge is -2.16. The van der Waals surface area contributed by atoms with Gasteiger partial charge < -0.3 is 11.1 Å². The van der Waals surface area contributed by atoms with E-state index in [4.69, 9.17) is 5.73 Å². The van der Waals surface area contributed by atoms with E-state index in [1.807, 2.05) is 13.8 Å². The zero-order valence-electron chi connectivity index (χ0n) is 10.2. The number of nitrogens with two attached hydrogens (primary N) is 1. The molecule has 0 aliphatic heterocycles. The molecule has 16 heavy (non-hydrogen) atoms. The third kappa shape index (κ3) is 4.91. The number of rotatable bonds is 6. The second-order valence-electron chi connectivity index (χ2n) is 4.16. The maximum Gasteiger partial charge on any atom is 0.237 e. The average Bonchev–Trinajstić information content (AvgIpc) is 2.15. The molecule has 6 nitrogen and oxygen atoms in total. The number of nitrogens with one attached hydrogen (secondary N) is 1. The Kier molecular flexibility index (Phi) is 5.91. The van der Waals surface area contributed by atoms with Crippen molar-refractivity contribution in [1.29, 1.82) is 0 Å². The van der Waals surface area contributed by atoms with Crippen molar-refractivity contribution in [3.05, 3.63) is 0 Å². The first kappa shape index (κ1) is 15.3. The van der Waals surface area contributed by atoms with Crippen LogP contribution in [0.4, 0.5) is 0 Å². The molecule has 0 spiro atoms.